The van der Waals surface area contributed by atoms with Crippen molar-refractivity contribution in [2.24, 2.45) is 0 Å². The van der Waals surface area contributed by atoms with Gasteiger partial charge in [-0.05, 0) is 38.5 Å². The zero-order chi connectivity index (χ0) is 35.6. The fourth-order valence-electron chi connectivity index (χ4n) is 5.42. The van der Waals surface area contributed by atoms with Gasteiger partial charge in [-0.3, -0.25) is 9.36 Å². The molecule has 0 bridgehead atoms. The number of rotatable bonds is 37. The fourth-order valence-corrected chi connectivity index (χ4v) is 6.15. The van der Waals surface area contributed by atoms with Gasteiger partial charge in [-0.15, -0.1) is 0 Å². The van der Waals surface area contributed by atoms with E-state index in [1.165, 1.54) is 109 Å². The van der Waals surface area contributed by atoms with E-state index in [0.717, 1.165) is 44.9 Å². The lowest BCUT2D eigenvalue weighted by molar-refractivity contribution is -0.870. The summed E-state index contributed by atoms with van der Waals surface area (Å²) in [5.74, 6) is -0.342. The maximum Gasteiger partial charge on any atom is 0.306 e. The number of phosphoric ester groups is 1. The predicted molar refractivity (Wildman–Crippen MR) is 199 cm³/mol. The van der Waals surface area contributed by atoms with Crippen molar-refractivity contribution in [3.05, 3.63) is 12.2 Å². The van der Waals surface area contributed by atoms with Crippen molar-refractivity contribution in [3.8, 4) is 0 Å². The molecule has 0 spiro atoms. The van der Waals surface area contributed by atoms with Gasteiger partial charge in [0.2, 0.25) is 0 Å². The van der Waals surface area contributed by atoms with Gasteiger partial charge in [-0.25, -0.2) is 0 Å². The molecule has 9 heteroatoms. The number of carbonyl (C=O) groups excluding carboxylic acids is 1. The minimum absolute atomic E-state index is 0.0274. The molecule has 2 atom stereocenters. The molecule has 48 heavy (non-hydrogen) atoms. The summed E-state index contributed by atoms with van der Waals surface area (Å²) in [4.78, 5) is 24.9. The average molecular weight is 704 g/mol. The van der Waals surface area contributed by atoms with Crippen molar-refractivity contribution >= 4 is 13.8 Å². The van der Waals surface area contributed by atoms with Crippen LogP contribution in [0.3, 0.4) is 0 Å². The van der Waals surface area contributed by atoms with Crippen molar-refractivity contribution < 1.29 is 37.3 Å². The van der Waals surface area contributed by atoms with Gasteiger partial charge in [0.05, 0.1) is 34.4 Å². The number of likely N-dealkylation sites (N-methyl/N-ethyl adjacent to an activating group) is 1. The van der Waals surface area contributed by atoms with Crippen molar-refractivity contribution in [2.45, 2.75) is 180 Å². The summed E-state index contributed by atoms with van der Waals surface area (Å²) < 4.78 is 34.5. The second-order valence-corrected chi connectivity index (χ2v) is 16.1. The summed E-state index contributed by atoms with van der Waals surface area (Å²) in [6.45, 7) is 5.39. The average Bonchev–Trinajstić information content (AvgIpc) is 3.03. The Morgan fingerprint density at radius 3 is 1.62 bits per heavy atom. The van der Waals surface area contributed by atoms with Crippen molar-refractivity contribution in [1.29, 1.82) is 0 Å². The molecule has 0 radical (unpaired) electrons. The van der Waals surface area contributed by atoms with Gasteiger partial charge in [-0.2, -0.15) is 0 Å². The van der Waals surface area contributed by atoms with Crippen LogP contribution in [0.1, 0.15) is 174 Å². The first-order valence-electron chi connectivity index (χ1n) is 19.9. The van der Waals surface area contributed by atoms with Gasteiger partial charge in [0.15, 0.2) is 0 Å². The number of hydrogen-bond donors (Lipinski definition) is 0. The van der Waals surface area contributed by atoms with E-state index >= 15 is 0 Å². The zero-order valence-electron chi connectivity index (χ0n) is 32.2. The Hall–Kier alpha value is -0.760. The van der Waals surface area contributed by atoms with Crippen LogP contribution >= 0.6 is 7.82 Å². The molecule has 0 aliphatic carbocycles. The molecule has 8 nitrogen and oxygen atoms in total. The topological polar surface area (TPSA) is 94.1 Å². The molecule has 0 aromatic heterocycles. The highest BCUT2D eigenvalue weighted by molar-refractivity contribution is 7.45. The van der Waals surface area contributed by atoms with Gasteiger partial charge < -0.3 is 27.9 Å². The number of esters is 1. The number of phosphoric acid groups is 1. The van der Waals surface area contributed by atoms with E-state index < -0.39 is 13.9 Å². The lowest BCUT2D eigenvalue weighted by Crippen LogP contribution is -2.37. The van der Waals surface area contributed by atoms with Gasteiger partial charge >= 0.3 is 5.97 Å². The Morgan fingerprint density at radius 2 is 1.08 bits per heavy atom. The lowest BCUT2D eigenvalue weighted by atomic mass is 10.0. The summed E-state index contributed by atoms with van der Waals surface area (Å²) in [5, 5.41) is 0. The Labute approximate surface area is 297 Å². The largest absolute Gasteiger partial charge is 0.756 e. The second kappa shape index (κ2) is 33.4. The first-order chi connectivity index (χ1) is 23.1. The molecule has 0 aromatic carbocycles. The minimum atomic E-state index is -4.51. The highest BCUT2D eigenvalue weighted by atomic mass is 31.2. The smallest absolute Gasteiger partial charge is 0.306 e. The van der Waals surface area contributed by atoms with Crippen molar-refractivity contribution in [3.63, 3.8) is 0 Å². The van der Waals surface area contributed by atoms with Crippen LogP contribution in [0.25, 0.3) is 0 Å². The number of nitrogens with zero attached hydrogens (tertiary/aromatic N) is 1. The molecule has 0 saturated heterocycles. The van der Waals surface area contributed by atoms with Crippen LogP contribution in [-0.2, 0) is 27.9 Å². The van der Waals surface area contributed by atoms with Crippen LogP contribution in [-0.4, -0.2) is 70.7 Å². The van der Waals surface area contributed by atoms with Gasteiger partial charge in [0.25, 0.3) is 7.82 Å². The molecule has 0 rings (SSSR count). The highest BCUT2D eigenvalue weighted by Crippen LogP contribution is 2.38. The summed E-state index contributed by atoms with van der Waals surface area (Å²) in [6.07, 6.45) is 33.5. The molecule has 0 fully saturated rings. The predicted octanol–water partition coefficient (Wildman–Crippen LogP) is 10.5. The SMILES string of the molecule is CCCCC/C=C\CCCCCCCC(=O)O[C@H](COCCCCCCCCCCCCCCCC)COP(=O)([O-])OCC[N+](C)(C)C. The molecular formula is C39H78NO7P. The molecule has 1 unspecified atom stereocenters. The molecule has 0 aromatic rings. The molecule has 0 saturated carbocycles. The second-order valence-electron chi connectivity index (χ2n) is 14.6. The van der Waals surface area contributed by atoms with Crippen LogP contribution in [0, 0.1) is 0 Å². The van der Waals surface area contributed by atoms with E-state index in [4.69, 9.17) is 18.5 Å². The van der Waals surface area contributed by atoms with E-state index in [2.05, 4.69) is 26.0 Å². The van der Waals surface area contributed by atoms with Gasteiger partial charge in [-0.1, -0.05) is 142 Å². The summed E-state index contributed by atoms with van der Waals surface area (Å²) in [5.41, 5.74) is 0. The van der Waals surface area contributed by atoms with E-state index in [9.17, 15) is 14.3 Å². The first-order valence-corrected chi connectivity index (χ1v) is 21.4. The number of unbranched alkanes of at least 4 members (excludes halogenated alkanes) is 21. The monoisotopic (exact) mass is 704 g/mol. The molecule has 0 amide bonds. The molecule has 0 aliphatic heterocycles. The first kappa shape index (κ1) is 47.2. The highest BCUT2D eigenvalue weighted by Gasteiger charge is 2.20. The Kier molecular flexibility index (Phi) is 32.9. The van der Waals surface area contributed by atoms with Crippen LogP contribution < -0.4 is 4.89 Å². The Balaban J connectivity index is 4.27. The molecule has 0 heterocycles. The van der Waals surface area contributed by atoms with E-state index in [-0.39, 0.29) is 25.8 Å². The third-order valence-electron chi connectivity index (χ3n) is 8.57. The minimum Gasteiger partial charge on any atom is -0.756 e. The molecule has 0 N–H and O–H groups in total. The number of ether oxygens (including phenoxy) is 2. The molecule has 0 aliphatic rings. The standard InChI is InChI=1S/C39H78NO7P/c1-6-8-10-12-14-16-18-20-21-23-25-27-29-31-34-44-36-38(37-46-48(42,43)45-35-33-40(3,4)5)47-39(41)32-30-28-26-24-22-19-17-15-13-11-9-7-2/h15,17,38H,6-14,16,18-37H2,1-5H3/b17-15-/t38-/m1/s1. The summed E-state index contributed by atoms with van der Waals surface area (Å²) in [6, 6.07) is 0. The maximum atomic E-state index is 12.6. The van der Waals surface area contributed by atoms with Crippen LogP contribution in [0.2, 0.25) is 0 Å². The normalized spacial score (nSPS) is 14.0. The van der Waals surface area contributed by atoms with E-state index in [1.807, 2.05) is 21.1 Å². The number of carbonyl (C=O) groups is 1. The number of hydrogen-bond acceptors (Lipinski definition) is 7. The number of quaternary nitrogens is 1. The molecular weight excluding hydrogens is 625 g/mol. The third-order valence-corrected chi connectivity index (χ3v) is 9.53. The Morgan fingerprint density at radius 1 is 0.625 bits per heavy atom. The lowest BCUT2D eigenvalue weighted by Gasteiger charge is -2.28. The van der Waals surface area contributed by atoms with Crippen molar-refractivity contribution in [1.82, 2.24) is 0 Å². The van der Waals surface area contributed by atoms with Crippen molar-refractivity contribution in [2.75, 3.05) is 54.1 Å². The number of allylic oxidation sites excluding steroid dienone is 2. The van der Waals surface area contributed by atoms with Gasteiger partial charge in [0.1, 0.15) is 19.3 Å². The van der Waals surface area contributed by atoms with Crippen LogP contribution in [0.15, 0.2) is 12.2 Å². The fraction of sp³-hybridized carbons (Fsp3) is 0.923. The van der Waals surface area contributed by atoms with E-state index in [1.54, 1.807) is 0 Å². The van der Waals surface area contributed by atoms with E-state index in [0.29, 0.717) is 24.1 Å². The van der Waals surface area contributed by atoms with Gasteiger partial charge in [0, 0.05) is 13.0 Å². The third kappa shape index (κ3) is 36.5. The zero-order valence-corrected chi connectivity index (χ0v) is 33.1. The summed E-state index contributed by atoms with van der Waals surface area (Å²) in [7, 11) is 1.36. The quantitative estimate of drug-likeness (QED) is 0.0209. The van der Waals surface area contributed by atoms with Crippen LogP contribution in [0.4, 0.5) is 0 Å². The van der Waals surface area contributed by atoms with Crippen LogP contribution in [0.5, 0.6) is 0 Å². The summed E-state index contributed by atoms with van der Waals surface area (Å²) >= 11 is 0. The molecule has 286 valence electrons. The Bertz CT molecular complexity index is 787. The maximum absolute atomic E-state index is 12.6.